The number of hydrogen-bond acceptors (Lipinski definition) is 4. The van der Waals surface area contributed by atoms with Crippen LogP contribution < -0.4 is 11.2 Å². The third-order valence-electron chi connectivity index (χ3n) is 3.85. The standard InChI is InChI=1S/C13H18BNO4/c15-13(12(16)17)7-10(8-13)2-1-9-3-5-11(6-4-9)14(18)19/h3-6,10,18-19H,1-2,7-8,15H2,(H,16,17). The zero-order chi connectivity index (χ0) is 14.0. The van der Waals surface area contributed by atoms with Gasteiger partial charge in [-0.3, -0.25) is 4.79 Å². The van der Waals surface area contributed by atoms with Crippen molar-refractivity contribution in [3.63, 3.8) is 0 Å². The Morgan fingerprint density at radius 3 is 2.37 bits per heavy atom. The first-order valence-corrected chi connectivity index (χ1v) is 6.38. The number of aryl methyl sites for hydroxylation is 1. The number of carboxylic acids is 1. The molecule has 0 aromatic heterocycles. The summed E-state index contributed by atoms with van der Waals surface area (Å²) < 4.78 is 0. The van der Waals surface area contributed by atoms with Crippen molar-refractivity contribution >= 4 is 18.6 Å². The van der Waals surface area contributed by atoms with E-state index in [0.717, 1.165) is 18.4 Å². The number of aliphatic carboxylic acids is 1. The van der Waals surface area contributed by atoms with Crippen LogP contribution in [0.3, 0.4) is 0 Å². The molecule has 19 heavy (non-hydrogen) atoms. The third-order valence-corrected chi connectivity index (χ3v) is 3.85. The molecule has 0 amide bonds. The van der Waals surface area contributed by atoms with Crippen LogP contribution in [0.4, 0.5) is 0 Å². The molecule has 2 rings (SSSR count). The van der Waals surface area contributed by atoms with Crippen LogP contribution in [-0.4, -0.2) is 33.8 Å². The largest absolute Gasteiger partial charge is 0.488 e. The molecule has 1 aliphatic carbocycles. The predicted octanol–water partition coefficient (Wildman–Crippen LogP) is -0.509. The van der Waals surface area contributed by atoms with Gasteiger partial charge >= 0.3 is 13.1 Å². The Morgan fingerprint density at radius 2 is 1.89 bits per heavy atom. The molecule has 0 saturated heterocycles. The van der Waals surface area contributed by atoms with Gasteiger partial charge in [0, 0.05) is 0 Å². The first-order chi connectivity index (χ1) is 8.90. The van der Waals surface area contributed by atoms with E-state index in [-0.39, 0.29) is 0 Å². The minimum Gasteiger partial charge on any atom is -0.480 e. The number of rotatable bonds is 5. The second-order valence-electron chi connectivity index (χ2n) is 5.39. The summed E-state index contributed by atoms with van der Waals surface area (Å²) in [5.41, 5.74) is 6.26. The maximum atomic E-state index is 10.9. The van der Waals surface area contributed by atoms with Gasteiger partial charge in [0.05, 0.1) is 0 Å². The van der Waals surface area contributed by atoms with Crippen molar-refractivity contribution in [3.8, 4) is 0 Å². The molecule has 5 N–H and O–H groups in total. The summed E-state index contributed by atoms with van der Waals surface area (Å²) in [5.74, 6) is -0.547. The van der Waals surface area contributed by atoms with Crippen LogP contribution in [0.5, 0.6) is 0 Å². The number of hydrogen-bond donors (Lipinski definition) is 4. The normalized spacial score (nSPS) is 25.7. The molecule has 1 fully saturated rings. The van der Waals surface area contributed by atoms with Crippen molar-refractivity contribution in [2.24, 2.45) is 11.7 Å². The summed E-state index contributed by atoms with van der Waals surface area (Å²) in [5, 5.41) is 26.9. The molecule has 0 spiro atoms. The molecular weight excluding hydrogens is 245 g/mol. The van der Waals surface area contributed by atoms with E-state index in [9.17, 15) is 4.79 Å². The van der Waals surface area contributed by atoms with Crippen LogP contribution in [0.25, 0.3) is 0 Å². The van der Waals surface area contributed by atoms with Crippen LogP contribution in [-0.2, 0) is 11.2 Å². The van der Waals surface area contributed by atoms with Gasteiger partial charge in [0.25, 0.3) is 0 Å². The van der Waals surface area contributed by atoms with Crippen molar-refractivity contribution in [2.45, 2.75) is 31.2 Å². The fourth-order valence-electron chi connectivity index (χ4n) is 2.58. The number of carbonyl (C=O) groups is 1. The van der Waals surface area contributed by atoms with Crippen LogP contribution in [0.1, 0.15) is 24.8 Å². The van der Waals surface area contributed by atoms with E-state index < -0.39 is 18.6 Å². The molecule has 102 valence electrons. The highest BCUT2D eigenvalue weighted by atomic mass is 16.4. The highest BCUT2D eigenvalue weighted by Gasteiger charge is 2.46. The Bertz CT molecular complexity index is 454. The fraction of sp³-hybridized carbons (Fsp3) is 0.462. The Labute approximate surface area is 112 Å². The minimum atomic E-state index is -1.44. The van der Waals surface area contributed by atoms with E-state index in [2.05, 4.69) is 0 Å². The molecule has 1 saturated carbocycles. The Hall–Kier alpha value is -1.37. The highest BCUT2D eigenvalue weighted by molar-refractivity contribution is 6.58. The molecular formula is C13H18BNO4. The van der Waals surface area contributed by atoms with Crippen molar-refractivity contribution < 1.29 is 19.9 Å². The van der Waals surface area contributed by atoms with Crippen LogP contribution in [0, 0.1) is 5.92 Å². The lowest BCUT2D eigenvalue weighted by atomic mass is 9.67. The second-order valence-corrected chi connectivity index (χ2v) is 5.39. The second kappa shape index (κ2) is 5.32. The van der Waals surface area contributed by atoms with E-state index in [4.69, 9.17) is 20.9 Å². The molecule has 0 radical (unpaired) electrons. The fourth-order valence-corrected chi connectivity index (χ4v) is 2.58. The SMILES string of the molecule is NC1(C(=O)O)CC(CCc2ccc(B(O)O)cc2)C1. The Kier molecular flexibility index (Phi) is 3.94. The quantitative estimate of drug-likeness (QED) is 0.536. The molecule has 6 heteroatoms. The van der Waals surface area contributed by atoms with Gasteiger partial charge in [-0.1, -0.05) is 24.3 Å². The highest BCUT2D eigenvalue weighted by Crippen LogP contribution is 2.38. The average molecular weight is 263 g/mol. The zero-order valence-corrected chi connectivity index (χ0v) is 10.6. The topological polar surface area (TPSA) is 104 Å². The first-order valence-electron chi connectivity index (χ1n) is 6.38. The maximum absolute atomic E-state index is 10.9. The van der Waals surface area contributed by atoms with Gasteiger partial charge in [0.15, 0.2) is 0 Å². The molecule has 1 aromatic rings. The monoisotopic (exact) mass is 263 g/mol. The maximum Gasteiger partial charge on any atom is 0.488 e. The van der Waals surface area contributed by atoms with Gasteiger partial charge in [-0.25, -0.2) is 0 Å². The van der Waals surface area contributed by atoms with Gasteiger partial charge in [-0.05, 0) is 42.6 Å². The third kappa shape index (κ3) is 3.15. The van der Waals surface area contributed by atoms with E-state index in [1.807, 2.05) is 12.1 Å². The van der Waals surface area contributed by atoms with Gasteiger partial charge in [-0.2, -0.15) is 0 Å². The summed E-state index contributed by atoms with van der Waals surface area (Å²) in [6.07, 6.45) is 2.83. The number of carboxylic acid groups (broad SMARTS) is 1. The van der Waals surface area contributed by atoms with E-state index in [0.29, 0.717) is 24.2 Å². The van der Waals surface area contributed by atoms with E-state index in [1.165, 1.54) is 0 Å². The van der Waals surface area contributed by atoms with E-state index in [1.54, 1.807) is 12.1 Å². The van der Waals surface area contributed by atoms with Crippen molar-refractivity contribution in [1.82, 2.24) is 0 Å². The zero-order valence-electron chi connectivity index (χ0n) is 10.6. The van der Waals surface area contributed by atoms with Crippen LogP contribution in [0.15, 0.2) is 24.3 Å². The molecule has 5 nitrogen and oxygen atoms in total. The van der Waals surface area contributed by atoms with Crippen molar-refractivity contribution in [3.05, 3.63) is 29.8 Å². The van der Waals surface area contributed by atoms with Crippen LogP contribution in [0.2, 0.25) is 0 Å². The summed E-state index contributed by atoms with van der Waals surface area (Å²) in [4.78, 5) is 10.9. The molecule has 0 aliphatic heterocycles. The lowest BCUT2D eigenvalue weighted by molar-refractivity contribution is -0.148. The van der Waals surface area contributed by atoms with Gasteiger partial charge in [0.2, 0.25) is 0 Å². The number of nitrogens with two attached hydrogens (primary N) is 1. The lowest BCUT2D eigenvalue weighted by Gasteiger charge is -2.41. The number of benzene rings is 1. The minimum absolute atomic E-state index is 0.365. The predicted molar refractivity (Wildman–Crippen MR) is 71.9 cm³/mol. The molecule has 0 heterocycles. The summed E-state index contributed by atoms with van der Waals surface area (Å²) in [7, 11) is -1.44. The lowest BCUT2D eigenvalue weighted by Crippen LogP contribution is -2.57. The molecule has 0 atom stereocenters. The van der Waals surface area contributed by atoms with Crippen molar-refractivity contribution in [2.75, 3.05) is 0 Å². The van der Waals surface area contributed by atoms with E-state index >= 15 is 0 Å². The Morgan fingerprint density at radius 1 is 1.32 bits per heavy atom. The summed E-state index contributed by atoms with van der Waals surface area (Å²) in [6.45, 7) is 0. The molecule has 1 aromatic carbocycles. The smallest absolute Gasteiger partial charge is 0.480 e. The van der Waals surface area contributed by atoms with Gasteiger partial charge in [-0.15, -0.1) is 0 Å². The van der Waals surface area contributed by atoms with Crippen molar-refractivity contribution in [1.29, 1.82) is 0 Å². The average Bonchev–Trinajstić information content (AvgIpc) is 2.33. The Balaban J connectivity index is 1.80. The summed E-state index contributed by atoms with van der Waals surface area (Å²) in [6, 6.07) is 7.09. The summed E-state index contributed by atoms with van der Waals surface area (Å²) >= 11 is 0. The van der Waals surface area contributed by atoms with Gasteiger partial charge in [0.1, 0.15) is 5.54 Å². The molecule has 1 aliphatic rings. The van der Waals surface area contributed by atoms with Gasteiger partial charge < -0.3 is 20.9 Å². The molecule has 0 bridgehead atoms. The molecule has 0 unspecified atom stereocenters. The first kappa shape index (κ1) is 14.1. The van der Waals surface area contributed by atoms with Crippen LogP contribution >= 0.6 is 0 Å².